The number of carboxylic acids is 1. The Kier molecular flexibility index (Phi) is 4.65. The molecule has 0 spiro atoms. The summed E-state index contributed by atoms with van der Waals surface area (Å²) in [7, 11) is 0. The van der Waals surface area contributed by atoms with Crippen LogP contribution in [-0.2, 0) is 11.2 Å². The van der Waals surface area contributed by atoms with Gasteiger partial charge in [-0.25, -0.2) is 9.18 Å². The van der Waals surface area contributed by atoms with Crippen LogP contribution in [0.3, 0.4) is 0 Å². The Balaban J connectivity index is 1.91. The number of benzene rings is 2. The number of fused-ring (bicyclic) bond motifs is 1. The van der Waals surface area contributed by atoms with E-state index in [-0.39, 0.29) is 17.1 Å². The van der Waals surface area contributed by atoms with E-state index in [2.05, 4.69) is 10.3 Å². The zero-order valence-corrected chi connectivity index (χ0v) is 14.1. The summed E-state index contributed by atoms with van der Waals surface area (Å²) in [6, 6.07) is 8.63. The van der Waals surface area contributed by atoms with Gasteiger partial charge in [0.2, 0.25) is 5.91 Å². The van der Waals surface area contributed by atoms with Crippen molar-refractivity contribution in [3.63, 3.8) is 0 Å². The number of nitrogens with one attached hydrogen (secondary N) is 2. The van der Waals surface area contributed by atoms with Crippen LogP contribution in [0.1, 0.15) is 16.1 Å². The molecule has 0 bridgehead atoms. The van der Waals surface area contributed by atoms with Crippen molar-refractivity contribution >= 4 is 51.7 Å². The standard InChI is InChI=1S/C17H11Cl2FN2O3/c18-8-1-3-10-11(16(17(24)25)22-14(10)5-8)7-15(23)21-9-2-4-13(20)12(19)6-9/h1-6,22H,7H2,(H,21,23)(H,24,25). The lowest BCUT2D eigenvalue weighted by molar-refractivity contribution is -0.115. The lowest BCUT2D eigenvalue weighted by atomic mass is 10.1. The van der Waals surface area contributed by atoms with E-state index < -0.39 is 17.7 Å². The van der Waals surface area contributed by atoms with Gasteiger partial charge in [-0.2, -0.15) is 0 Å². The molecule has 8 heteroatoms. The Morgan fingerprint density at radius 3 is 2.60 bits per heavy atom. The first-order chi connectivity index (χ1) is 11.8. The predicted octanol–water partition coefficient (Wildman–Crippen LogP) is 4.49. The highest BCUT2D eigenvalue weighted by Crippen LogP contribution is 2.26. The van der Waals surface area contributed by atoms with E-state index in [1.165, 1.54) is 12.1 Å². The van der Waals surface area contributed by atoms with E-state index in [9.17, 15) is 19.1 Å². The second kappa shape index (κ2) is 6.74. The van der Waals surface area contributed by atoms with Crippen LogP contribution in [0.5, 0.6) is 0 Å². The number of carbonyl (C=O) groups is 2. The van der Waals surface area contributed by atoms with Gasteiger partial charge < -0.3 is 15.4 Å². The van der Waals surface area contributed by atoms with Crippen molar-refractivity contribution in [3.8, 4) is 0 Å². The average Bonchev–Trinajstić information content (AvgIpc) is 2.89. The van der Waals surface area contributed by atoms with Crippen LogP contribution in [0.2, 0.25) is 10.0 Å². The van der Waals surface area contributed by atoms with E-state index in [4.69, 9.17) is 23.2 Å². The maximum atomic E-state index is 13.2. The largest absolute Gasteiger partial charge is 0.477 e. The van der Waals surface area contributed by atoms with Gasteiger partial charge in [0, 0.05) is 27.2 Å². The van der Waals surface area contributed by atoms with Crippen LogP contribution in [0, 0.1) is 5.82 Å². The number of aromatic carboxylic acids is 1. The van der Waals surface area contributed by atoms with Crippen LogP contribution in [0.25, 0.3) is 10.9 Å². The minimum Gasteiger partial charge on any atom is -0.477 e. The lowest BCUT2D eigenvalue weighted by Gasteiger charge is -2.06. The van der Waals surface area contributed by atoms with Crippen LogP contribution >= 0.6 is 23.2 Å². The number of amides is 1. The van der Waals surface area contributed by atoms with Gasteiger partial charge in [0.05, 0.1) is 11.4 Å². The van der Waals surface area contributed by atoms with Gasteiger partial charge in [-0.1, -0.05) is 29.3 Å². The van der Waals surface area contributed by atoms with E-state index in [0.717, 1.165) is 6.07 Å². The molecule has 0 saturated carbocycles. The Labute approximate surface area is 151 Å². The summed E-state index contributed by atoms with van der Waals surface area (Å²) in [6.45, 7) is 0. The first-order valence-electron chi connectivity index (χ1n) is 7.13. The summed E-state index contributed by atoms with van der Waals surface area (Å²) < 4.78 is 13.2. The molecule has 3 rings (SSSR count). The van der Waals surface area contributed by atoms with Gasteiger partial charge in [0.15, 0.2) is 0 Å². The molecule has 0 radical (unpaired) electrons. The molecular weight excluding hydrogens is 370 g/mol. The number of H-pyrrole nitrogens is 1. The topological polar surface area (TPSA) is 82.2 Å². The monoisotopic (exact) mass is 380 g/mol. The molecule has 2 aromatic carbocycles. The van der Waals surface area contributed by atoms with Gasteiger partial charge in [-0.05, 0) is 30.3 Å². The third-order valence-electron chi connectivity index (χ3n) is 3.62. The van der Waals surface area contributed by atoms with Crippen molar-refractivity contribution in [2.45, 2.75) is 6.42 Å². The lowest BCUT2D eigenvalue weighted by Crippen LogP contribution is -2.16. The molecule has 128 valence electrons. The number of hydrogen-bond acceptors (Lipinski definition) is 2. The number of halogens is 3. The van der Waals surface area contributed by atoms with Crippen LogP contribution in [0.4, 0.5) is 10.1 Å². The van der Waals surface area contributed by atoms with Gasteiger partial charge >= 0.3 is 5.97 Å². The van der Waals surface area contributed by atoms with E-state index in [1.54, 1.807) is 18.2 Å². The highest BCUT2D eigenvalue weighted by Gasteiger charge is 2.20. The predicted molar refractivity (Wildman–Crippen MR) is 94.0 cm³/mol. The first kappa shape index (κ1) is 17.3. The highest BCUT2D eigenvalue weighted by molar-refractivity contribution is 6.31. The van der Waals surface area contributed by atoms with E-state index in [1.807, 2.05) is 0 Å². The molecule has 25 heavy (non-hydrogen) atoms. The maximum absolute atomic E-state index is 13.2. The molecular formula is C17H11Cl2FN2O3. The number of rotatable bonds is 4. The third kappa shape index (κ3) is 3.60. The average molecular weight is 381 g/mol. The molecule has 0 saturated heterocycles. The van der Waals surface area contributed by atoms with Crippen LogP contribution in [0.15, 0.2) is 36.4 Å². The molecule has 0 aliphatic carbocycles. The molecule has 1 aromatic heterocycles. The number of carboxylic acid groups (broad SMARTS) is 1. The van der Waals surface area contributed by atoms with Crippen LogP contribution in [-0.4, -0.2) is 22.0 Å². The van der Waals surface area contributed by atoms with Crippen molar-refractivity contribution in [3.05, 3.63) is 63.5 Å². The van der Waals surface area contributed by atoms with Crippen molar-refractivity contribution in [2.75, 3.05) is 5.32 Å². The van der Waals surface area contributed by atoms with Crippen LogP contribution < -0.4 is 5.32 Å². The maximum Gasteiger partial charge on any atom is 0.352 e. The summed E-state index contributed by atoms with van der Waals surface area (Å²) >= 11 is 11.6. The molecule has 0 fully saturated rings. The fourth-order valence-corrected chi connectivity index (χ4v) is 2.89. The quantitative estimate of drug-likeness (QED) is 0.623. The van der Waals surface area contributed by atoms with Gasteiger partial charge in [0.25, 0.3) is 0 Å². The van der Waals surface area contributed by atoms with Crippen molar-refractivity contribution in [2.24, 2.45) is 0 Å². The zero-order chi connectivity index (χ0) is 18.1. The molecule has 1 amide bonds. The number of anilines is 1. The molecule has 0 unspecified atom stereocenters. The molecule has 3 N–H and O–H groups in total. The Bertz CT molecular complexity index is 1000. The minimum absolute atomic E-state index is 0.0791. The molecule has 1 heterocycles. The molecule has 0 aliphatic rings. The second-order valence-corrected chi connectivity index (χ2v) is 6.17. The molecule has 5 nitrogen and oxygen atoms in total. The fraction of sp³-hybridized carbons (Fsp3) is 0.0588. The number of hydrogen-bond donors (Lipinski definition) is 3. The fourth-order valence-electron chi connectivity index (χ4n) is 2.53. The van der Waals surface area contributed by atoms with E-state index >= 15 is 0 Å². The summed E-state index contributed by atoms with van der Waals surface area (Å²) in [5.41, 5.74) is 1.10. The smallest absolute Gasteiger partial charge is 0.352 e. The summed E-state index contributed by atoms with van der Waals surface area (Å²) in [5, 5.41) is 12.8. The van der Waals surface area contributed by atoms with E-state index in [0.29, 0.717) is 27.2 Å². The van der Waals surface area contributed by atoms with Gasteiger partial charge in [0.1, 0.15) is 11.5 Å². The normalized spacial score (nSPS) is 10.8. The molecule has 0 atom stereocenters. The number of carbonyl (C=O) groups excluding carboxylic acids is 1. The second-order valence-electron chi connectivity index (χ2n) is 5.33. The molecule has 0 aliphatic heterocycles. The third-order valence-corrected chi connectivity index (χ3v) is 4.15. The van der Waals surface area contributed by atoms with Crippen molar-refractivity contribution in [1.29, 1.82) is 0 Å². The minimum atomic E-state index is -1.18. The zero-order valence-electron chi connectivity index (χ0n) is 12.6. The summed E-state index contributed by atoms with van der Waals surface area (Å²) in [5.74, 6) is -2.23. The summed E-state index contributed by atoms with van der Waals surface area (Å²) in [6.07, 6.45) is -0.182. The van der Waals surface area contributed by atoms with Crippen molar-refractivity contribution in [1.82, 2.24) is 4.98 Å². The number of aromatic nitrogens is 1. The highest BCUT2D eigenvalue weighted by atomic mass is 35.5. The Morgan fingerprint density at radius 2 is 1.92 bits per heavy atom. The van der Waals surface area contributed by atoms with Gasteiger partial charge in [-0.15, -0.1) is 0 Å². The first-order valence-corrected chi connectivity index (χ1v) is 7.89. The Morgan fingerprint density at radius 1 is 1.16 bits per heavy atom. The summed E-state index contributed by atoms with van der Waals surface area (Å²) in [4.78, 5) is 26.5. The van der Waals surface area contributed by atoms with Crippen molar-refractivity contribution < 1.29 is 19.1 Å². The number of aromatic amines is 1. The Hall–Kier alpha value is -2.57. The SMILES string of the molecule is O=C(Cc1c(C(=O)O)[nH]c2cc(Cl)ccc12)Nc1ccc(F)c(Cl)c1. The van der Waals surface area contributed by atoms with Gasteiger partial charge in [-0.3, -0.25) is 4.79 Å². The molecule has 3 aromatic rings.